The van der Waals surface area contributed by atoms with Crippen LogP contribution in [0.2, 0.25) is 5.02 Å². The van der Waals surface area contributed by atoms with Crippen molar-refractivity contribution >= 4 is 37.3 Å². The van der Waals surface area contributed by atoms with E-state index in [-0.39, 0.29) is 27.2 Å². The van der Waals surface area contributed by atoms with Crippen LogP contribution < -0.4 is 15.2 Å². The van der Waals surface area contributed by atoms with Crippen molar-refractivity contribution < 1.29 is 16.8 Å². The molecule has 0 spiro atoms. The zero-order valence-electron chi connectivity index (χ0n) is 8.27. The highest BCUT2D eigenvalue weighted by atomic mass is 35.5. The monoisotopic (exact) mass is 297 g/mol. The third-order valence-electron chi connectivity index (χ3n) is 2.17. The number of sulfonamides is 2. The van der Waals surface area contributed by atoms with Gasteiger partial charge >= 0.3 is 0 Å². The van der Waals surface area contributed by atoms with Crippen LogP contribution in [-0.2, 0) is 20.0 Å². The second-order valence-corrected chi connectivity index (χ2v) is 7.03. The van der Waals surface area contributed by atoms with Crippen molar-refractivity contribution in [2.75, 3.05) is 12.0 Å². The predicted molar refractivity (Wildman–Crippen MR) is 61.6 cm³/mol. The van der Waals surface area contributed by atoms with Crippen molar-refractivity contribution in [3.05, 3.63) is 17.2 Å². The number of benzene rings is 1. The second-order valence-electron chi connectivity index (χ2n) is 3.32. The van der Waals surface area contributed by atoms with E-state index in [1.165, 1.54) is 0 Å². The van der Waals surface area contributed by atoms with E-state index in [0.29, 0.717) is 0 Å². The lowest BCUT2D eigenvalue weighted by molar-refractivity contribution is 0.581. The molecule has 1 aromatic rings. The molecule has 1 aliphatic rings. The van der Waals surface area contributed by atoms with Crippen LogP contribution in [0.4, 0.5) is 5.69 Å². The number of nitrogens with two attached hydrogens (primary N) is 1. The van der Waals surface area contributed by atoms with E-state index < -0.39 is 20.0 Å². The molecular weight excluding hydrogens is 290 g/mol. The Morgan fingerprint density at radius 2 is 2.00 bits per heavy atom. The summed E-state index contributed by atoms with van der Waals surface area (Å²) in [6.45, 7) is -0.0101. The molecule has 0 atom stereocenters. The van der Waals surface area contributed by atoms with Gasteiger partial charge in [0.05, 0.1) is 22.3 Å². The van der Waals surface area contributed by atoms with Gasteiger partial charge in [0.1, 0.15) is 4.90 Å². The quantitative estimate of drug-likeness (QED) is 0.654. The fourth-order valence-corrected chi connectivity index (χ4v) is 3.60. The van der Waals surface area contributed by atoms with Gasteiger partial charge in [0.2, 0.25) is 20.0 Å². The maximum absolute atomic E-state index is 11.7. The first-order chi connectivity index (χ1) is 7.72. The van der Waals surface area contributed by atoms with Crippen LogP contribution in [0.5, 0.6) is 0 Å². The Hall–Kier alpha value is -0.870. The van der Waals surface area contributed by atoms with E-state index in [4.69, 9.17) is 16.7 Å². The summed E-state index contributed by atoms with van der Waals surface area (Å²) < 4.78 is 47.8. The minimum absolute atomic E-state index is 0.0101. The van der Waals surface area contributed by atoms with E-state index in [0.717, 1.165) is 12.1 Å². The molecule has 0 radical (unpaired) electrons. The Labute approximate surface area is 103 Å². The van der Waals surface area contributed by atoms with Crippen molar-refractivity contribution in [1.82, 2.24) is 4.72 Å². The highest BCUT2D eigenvalue weighted by Crippen LogP contribution is 2.33. The number of fused-ring (bicyclic) bond motifs is 1. The molecule has 0 aliphatic carbocycles. The number of nitrogens with one attached hydrogen (secondary N) is 2. The molecule has 0 saturated heterocycles. The molecule has 0 amide bonds. The normalized spacial score (nSPS) is 18.2. The zero-order chi connectivity index (χ0) is 12.8. The highest BCUT2D eigenvalue weighted by molar-refractivity contribution is 7.90. The molecule has 1 aromatic carbocycles. The van der Waals surface area contributed by atoms with Gasteiger partial charge in [-0.05, 0) is 12.1 Å². The summed E-state index contributed by atoms with van der Waals surface area (Å²) >= 11 is 5.81. The number of anilines is 1. The maximum Gasteiger partial charge on any atom is 0.244 e. The molecule has 4 N–H and O–H groups in total. The summed E-state index contributed by atoms with van der Waals surface area (Å²) in [5.41, 5.74) is 0.165. The highest BCUT2D eigenvalue weighted by Gasteiger charge is 2.27. The second kappa shape index (κ2) is 3.82. The molecule has 0 aromatic heterocycles. The lowest BCUT2D eigenvalue weighted by Gasteiger charge is -2.20. The van der Waals surface area contributed by atoms with E-state index in [9.17, 15) is 16.8 Å². The van der Waals surface area contributed by atoms with Crippen molar-refractivity contribution in [2.45, 2.75) is 9.79 Å². The first-order valence-corrected chi connectivity index (χ1v) is 7.72. The topological polar surface area (TPSA) is 118 Å². The third kappa shape index (κ3) is 2.24. The zero-order valence-corrected chi connectivity index (χ0v) is 10.7. The SMILES string of the molecule is NS(=O)(=O)c1cc(Cl)c2c(c1)S(=O)(=O)NCN2. The molecule has 0 unspecified atom stereocenters. The number of hydrogen-bond donors (Lipinski definition) is 3. The van der Waals surface area contributed by atoms with E-state index in [1.807, 2.05) is 0 Å². The van der Waals surface area contributed by atoms with Gasteiger partial charge < -0.3 is 5.32 Å². The molecule has 0 bridgehead atoms. The summed E-state index contributed by atoms with van der Waals surface area (Å²) in [7, 11) is -7.78. The first-order valence-electron chi connectivity index (χ1n) is 4.32. The van der Waals surface area contributed by atoms with Crippen LogP contribution in [0.3, 0.4) is 0 Å². The predicted octanol–water partition coefficient (Wildman–Crippen LogP) is -0.351. The fourth-order valence-electron chi connectivity index (χ4n) is 1.40. The van der Waals surface area contributed by atoms with Crippen molar-refractivity contribution in [1.29, 1.82) is 0 Å². The average molecular weight is 298 g/mol. The molecule has 94 valence electrons. The summed E-state index contributed by atoms with van der Waals surface area (Å²) in [5, 5.41) is 7.62. The third-order valence-corrected chi connectivity index (χ3v) is 4.79. The van der Waals surface area contributed by atoms with Crippen LogP contribution in [0.15, 0.2) is 21.9 Å². The molecule has 1 heterocycles. The first kappa shape index (κ1) is 12.6. The molecule has 1 aliphatic heterocycles. The smallest absolute Gasteiger partial charge is 0.244 e. The van der Waals surface area contributed by atoms with Crippen LogP contribution in [0, 0.1) is 0 Å². The Morgan fingerprint density at radius 1 is 1.35 bits per heavy atom. The van der Waals surface area contributed by atoms with Crippen molar-refractivity contribution in [3.8, 4) is 0 Å². The lowest BCUT2D eigenvalue weighted by atomic mass is 10.3. The number of halogens is 1. The van der Waals surface area contributed by atoms with Crippen molar-refractivity contribution in [3.63, 3.8) is 0 Å². The van der Waals surface area contributed by atoms with Crippen LogP contribution in [0.1, 0.15) is 0 Å². The van der Waals surface area contributed by atoms with Gasteiger partial charge in [0.15, 0.2) is 0 Å². The van der Waals surface area contributed by atoms with E-state index in [1.54, 1.807) is 0 Å². The van der Waals surface area contributed by atoms with Gasteiger partial charge in [0, 0.05) is 0 Å². The van der Waals surface area contributed by atoms with Crippen LogP contribution in [-0.4, -0.2) is 23.5 Å². The van der Waals surface area contributed by atoms with Gasteiger partial charge in [-0.25, -0.2) is 22.0 Å². The number of hydrogen-bond acceptors (Lipinski definition) is 5. The largest absolute Gasteiger partial charge is 0.369 e. The van der Waals surface area contributed by atoms with Crippen LogP contribution in [0.25, 0.3) is 0 Å². The van der Waals surface area contributed by atoms with E-state index in [2.05, 4.69) is 10.0 Å². The molecule has 0 saturated carbocycles. The van der Waals surface area contributed by atoms with Crippen LogP contribution >= 0.6 is 11.6 Å². The van der Waals surface area contributed by atoms with Gasteiger partial charge in [-0.1, -0.05) is 11.6 Å². The van der Waals surface area contributed by atoms with Gasteiger partial charge in [0.25, 0.3) is 0 Å². The Kier molecular flexibility index (Phi) is 2.83. The molecular formula is C7H8ClN3O4S2. The van der Waals surface area contributed by atoms with Gasteiger partial charge in [-0.15, -0.1) is 0 Å². The van der Waals surface area contributed by atoms with Gasteiger partial charge in [-0.3, -0.25) is 0 Å². The van der Waals surface area contributed by atoms with E-state index >= 15 is 0 Å². The fraction of sp³-hybridized carbons (Fsp3) is 0.143. The minimum atomic E-state index is -4.01. The number of rotatable bonds is 1. The Balaban J connectivity index is 2.80. The standard InChI is InChI=1S/C7H8ClN3O4S2/c8-5-1-4(16(9,12)13)2-6-7(5)10-3-11-17(6,14)15/h1-2,10-11H,3H2,(H2,9,12,13). The molecule has 17 heavy (non-hydrogen) atoms. The minimum Gasteiger partial charge on any atom is -0.369 e. The summed E-state index contributed by atoms with van der Waals surface area (Å²) in [6.07, 6.45) is 0. The summed E-state index contributed by atoms with van der Waals surface area (Å²) in [4.78, 5) is -0.587. The average Bonchev–Trinajstić information content (AvgIpc) is 2.17. The van der Waals surface area contributed by atoms with Gasteiger partial charge in [-0.2, -0.15) is 4.72 Å². The molecule has 2 rings (SSSR count). The lowest BCUT2D eigenvalue weighted by Crippen LogP contribution is -2.35. The molecule has 10 heteroatoms. The Bertz CT molecular complexity index is 683. The summed E-state index contributed by atoms with van der Waals surface area (Å²) in [5.74, 6) is 0. The number of primary sulfonamides is 1. The van der Waals surface area contributed by atoms with Crippen molar-refractivity contribution in [2.24, 2.45) is 5.14 Å². The maximum atomic E-state index is 11.7. The molecule has 7 nitrogen and oxygen atoms in total. The summed E-state index contributed by atoms with van der Waals surface area (Å²) in [6, 6.07) is 2.06. The molecule has 0 fully saturated rings. The Morgan fingerprint density at radius 3 is 2.59 bits per heavy atom.